The van der Waals surface area contributed by atoms with Gasteiger partial charge < -0.3 is 4.55 Å². The first-order valence-electron chi connectivity index (χ1n) is 7.25. The summed E-state index contributed by atoms with van der Waals surface area (Å²) in [6, 6.07) is 0. The summed E-state index contributed by atoms with van der Waals surface area (Å²) < 4.78 is 57.6. The van der Waals surface area contributed by atoms with E-state index in [0.29, 0.717) is 6.42 Å². The van der Waals surface area contributed by atoms with Crippen LogP contribution in [0.5, 0.6) is 0 Å². The van der Waals surface area contributed by atoms with Gasteiger partial charge in [-0.1, -0.05) is 64.7 Å². The van der Waals surface area contributed by atoms with E-state index < -0.39 is 26.1 Å². The predicted octanol–water partition coefficient (Wildman–Crippen LogP) is -5.29. The van der Waals surface area contributed by atoms with E-state index in [4.69, 9.17) is 12.3 Å². The van der Waals surface area contributed by atoms with Crippen molar-refractivity contribution in [2.75, 3.05) is 6.61 Å². The summed E-state index contributed by atoms with van der Waals surface area (Å²) in [5.41, 5.74) is 0. The van der Waals surface area contributed by atoms with E-state index in [1.54, 1.807) is 0 Å². The van der Waals surface area contributed by atoms with Gasteiger partial charge in [0.25, 0.3) is 0 Å². The van der Waals surface area contributed by atoms with E-state index in [-0.39, 0.29) is 65.7 Å². The topological polar surface area (TPSA) is 130 Å². The van der Waals surface area contributed by atoms with Gasteiger partial charge in [0.15, 0.2) is 0 Å². The molecule has 130 valence electrons. The number of hydrogen-bond acceptors (Lipinski definition) is 7. The van der Waals surface area contributed by atoms with Crippen molar-refractivity contribution in [2.45, 2.75) is 71.1 Å². The number of unbranched alkanes of at least 4 members (excludes halogenated alkanes) is 9. The van der Waals surface area contributed by atoms with Gasteiger partial charge in [-0.15, -0.1) is 0 Å². The van der Waals surface area contributed by atoms with Crippen molar-refractivity contribution in [3.63, 3.8) is 0 Å². The van der Waals surface area contributed by atoms with Crippen LogP contribution in [0, 0.1) is 0 Å². The molecule has 23 heavy (non-hydrogen) atoms. The zero-order valence-corrected chi connectivity index (χ0v) is 21.3. The Morgan fingerprint density at radius 1 is 0.870 bits per heavy atom. The van der Waals surface area contributed by atoms with Crippen LogP contribution in [0.4, 0.5) is 0 Å². The Morgan fingerprint density at radius 3 is 1.48 bits per heavy atom. The number of rotatable bonds is 12. The molecule has 0 amide bonds. The Morgan fingerprint density at radius 2 is 1.17 bits per heavy atom. The van der Waals surface area contributed by atoms with Gasteiger partial charge in [0.05, 0.1) is 6.61 Å². The molecule has 0 rings (SSSR count). The summed E-state index contributed by atoms with van der Waals surface area (Å²) >= 11 is -3.44. The minimum absolute atomic E-state index is 0. The maximum atomic E-state index is 10.1. The quantitative estimate of drug-likeness (QED) is 0.135. The van der Waals surface area contributed by atoms with Gasteiger partial charge in [-0.2, -0.15) is 0 Å². The average Bonchev–Trinajstić information content (AvgIpc) is 2.34. The van der Waals surface area contributed by atoms with Crippen LogP contribution < -0.4 is 63.2 Å². The summed E-state index contributed by atoms with van der Waals surface area (Å²) in [7, 11) is -4.48. The van der Waals surface area contributed by atoms with Crippen LogP contribution in [0.2, 0.25) is 0 Å². The zero-order valence-electron chi connectivity index (χ0n) is 14.6. The predicted molar refractivity (Wildman–Crippen MR) is 77.7 cm³/mol. The van der Waals surface area contributed by atoms with E-state index in [1.165, 1.54) is 44.9 Å². The Hall–Kier alpha value is 2.31. The molecule has 0 saturated carbocycles. The second kappa shape index (κ2) is 24.3. The molecule has 2 N–H and O–H groups in total. The fourth-order valence-electron chi connectivity index (χ4n) is 1.75. The van der Waals surface area contributed by atoms with Crippen molar-refractivity contribution >= 4 is 26.1 Å². The molecule has 0 spiro atoms. The molecule has 0 aliphatic heterocycles. The fraction of sp³-hybridized carbons (Fsp3) is 1.00. The third kappa shape index (κ3) is 45.5. The third-order valence-electron chi connectivity index (χ3n) is 2.73. The first-order valence-corrected chi connectivity index (χ1v) is 11.0. The van der Waals surface area contributed by atoms with Crippen LogP contribution in [-0.4, -0.2) is 43.4 Å². The summed E-state index contributed by atoms with van der Waals surface area (Å²) in [6.45, 7) is 2.24. The zero-order chi connectivity index (χ0) is 16.6. The Bertz CT molecular complexity index is 303. The monoisotopic (exact) mass is 436 g/mol. The molecule has 11 heteroatoms. The maximum absolute atomic E-state index is 10.1. The van der Waals surface area contributed by atoms with Crippen LogP contribution in [0.1, 0.15) is 71.1 Å². The second-order valence-corrected chi connectivity index (χ2v) is 6.78. The van der Waals surface area contributed by atoms with Crippen molar-refractivity contribution in [1.29, 1.82) is 0 Å². The third-order valence-corrected chi connectivity index (χ3v) is 3.18. The van der Waals surface area contributed by atoms with Gasteiger partial charge in [0, 0.05) is 0 Å². The molecule has 0 aliphatic carbocycles. The van der Waals surface area contributed by atoms with Crippen molar-refractivity contribution in [3.8, 4) is 0 Å². The van der Waals surface area contributed by atoms with Gasteiger partial charge in [-0.3, -0.25) is 4.18 Å². The normalized spacial score (nSPS) is 10.3. The molecule has 0 radical (unpaired) electrons. The Balaban J connectivity index is -0.000000268. The van der Waals surface area contributed by atoms with E-state index in [2.05, 4.69) is 11.1 Å². The van der Waals surface area contributed by atoms with E-state index >= 15 is 0 Å². The summed E-state index contributed by atoms with van der Waals surface area (Å²) in [6.07, 6.45) is 11.7. The van der Waals surface area contributed by atoms with Crippen molar-refractivity contribution in [2.24, 2.45) is 0 Å². The molecule has 0 aromatic rings. The molecular formula is C12H27AsNa2O7S. The van der Waals surface area contributed by atoms with E-state index in [0.717, 1.165) is 12.8 Å². The molecule has 0 heterocycles. The van der Waals surface area contributed by atoms with Crippen LogP contribution in [0.15, 0.2) is 0 Å². The summed E-state index contributed by atoms with van der Waals surface area (Å²) in [4.78, 5) is 0. The second-order valence-electron chi connectivity index (χ2n) is 4.66. The molecule has 0 aromatic carbocycles. The van der Waals surface area contributed by atoms with Crippen LogP contribution >= 0.6 is 0 Å². The molecule has 0 aliphatic rings. The summed E-state index contributed by atoms with van der Waals surface area (Å²) in [5, 5.41) is 0. The van der Waals surface area contributed by atoms with Crippen LogP contribution in [-0.2, 0) is 14.6 Å². The molecule has 0 fully saturated rings. The van der Waals surface area contributed by atoms with Gasteiger partial charge in [0.2, 0.25) is 10.4 Å². The molecule has 0 saturated heterocycles. The first kappa shape index (κ1) is 32.9. The first-order chi connectivity index (χ1) is 9.79. The molecular weight excluding hydrogens is 409 g/mol. The van der Waals surface area contributed by atoms with Gasteiger partial charge >= 0.3 is 87.1 Å². The van der Waals surface area contributed by atoms with Crippen molar-refractivity contribution in [1.82, 2.24) is 0 Å². The summed E-state index contributed by atoms with van der Waals surface area (Å²) in [5.74, 6) is 0. The Labute approximate surface area is 190 Å². The van der Waals surface area contributed by atoms with Crippen molar-refractivity contribution in [3.05, 3.63) is 0 Å². The molecule has 0 atom stereocenters. The van der Waals surface area contributed by atoms with Crippen molar-refractivity contribution < 1.29 is 88.6 Å². The van der Waals surface area contributed by atoms with Crippen LogP contribution in [0.25, 0.3) is 0 Å². The van der Waals surface area contributed by atoms with Gasteiger partial charge in [-0.05, 0) is 6.42 Å². The van der Waals surface area contributed by atoms with Crippen LogP contribution in [0.3, 0.4) is 0 Å². The minimum atomic E-state index is -4.48. The molecule has 0 bridgehead atoms. The van der Waals surface area contributed by atoms with E-state index in [1.807, 2.05) is 0 Å². The molecule has 0 aromatic heterocycles. The number of hydrogen-bond donors (Lipinski definition) is 2. The molecule has 0 unspecified atom stereocenters. The SMILES string of the molecule is CCCCCCCCCCCCOS(=O)(=O)[O-].[Na+].[Na+].[O-][As](O)O. The molecule has 7 nitrogen and oxygen atoms in total. The van der Waals surface area contributed by atoms with Gasteiger partial charge in [-0.25, -0.2) is 8.42 Å². The standard InChI is InChI=1S/C12H26O4S.AsH2O3.2Na/c1-2-3-4-5-6-7-8-9-10-11-12-16-17(13,14)15;2-1(3)4;;/h2-12H2,1H3,(H,13,14,15);2-3H;;/q;-1;2*+1/p-1. The average molecular weight is 436 g/mol. The Kier molecular flexibility index (Phi) is 34.8. The van der Waals surface area contributed by atoms with E-state index in [9.17, 15) is 13.0 Å². The fourth-order valence-corrected chi connectivity index (χ4v) is 2.07. The van der Waals surface area contributed by atoms with Gasteiger partial charge in [0.1, 0.15) is 0 Å².